The topological polar surface area (TPSA) is 87.0 Å². The van der Waals surface area contributed by atoms with Crippen LogP contribution in [-0.4, -0.2) is 27.8 Å². The summed E-state index contributed by atoms with van der Waals surface area (Å²) in [6.07, 6.45) is 8.19. The molecule has 5 saturated carbocycles. The largest absolute Gasteiger partial charge is 0.481 e. The van der Waals surface area contributed by atoms with Crippen LogP contribution in [0.1, 0.15) is 99.3 Å². The third-order valence-electron chi connectivity index (χ3n) is 13.1. The van der Waals surface area contributed by atoms with Crippen molar-refractivity contribution in [1.82, 2.24) is 0 Å². The van der Waals surface area contributed by atoms with E-state index in [4.69, 9.17) is 0 Å². The van der Waals surface area contributed by atoms with E-state index in [-0.39, 0.29) is 33.9 Å². The molecule has 5 rings (SSSR count). The molecule has 0 bridgehead atoms. The van der Waals surface area contributed by atoms with Gasteiger partial charge < -0.3 is 10.3 Å². The predicted molar refractivity (Wildman–Crippen MR) is 136 cm³/mol. The smallest absolute Gasteiger partial charge is 0.309 e. The molecule has 5 heteroatoms. The summed E-state index contributed by atoms with van der Waals surface area (Å²) in [4.78, 5) is 26.0. The van der Waals surface area contributed by atoms with Crippen molar-refractivity contribution in [3.05, 3.63) is 12.2 Å². The van der Waals surface area contributed by atoms with Crippen molar-refractivity contribution >= 4 is 17.5 Å². The Hall–Kier alpha value is -1.65. The molecule has 5 aliphatic carbocycles. The number of ketones is 1. The summed E-state index contributed by atoms with van der Waals surface area (Å²) < 4.78 is 0. The Balaban J connectivity index is 1.59. The van der Waals surface area contributed by atoms with Crippen molar-refractivity contribution in [2.75, 3.05) is 0 Å². The van der Waals surface area contributed by atoms with Gasteiger partial charge in [-0.2, -0.15) is 0 Å². The minimum Gasteiger partial charge on any atom is -0.481 e. The SMILES string of the molecule is C=C(C)[C@@H]1CC[C@]2(C(=O)O)CC[C@]3(C)C(CCC4[C@@]5(C)C/C(=N/O)C(=O)C(C)(C)C5CC[C@]43C)C12. The Bertz CT molecular complexity index is 1010. The van der Waals surface area contributed by atoms with E-state index in [9.17, 15) is 19.9 Å². The lowest BCUT2D eigenvalue weighted by molar-refractivity contribution is -0.229. The van der Waals surface area contributed by atoms with Crippen molar-refractivity contribution in [3.63, 3.8) is 0 Å². The molecule has 0 spiro atoms. The highest BCUT2D eigenvalue weighted by Gasteiger charge is 2.72. The Morgan fingerprint density at radius 2 is 1.63 bits per heavy atom. The molecule has 4 unspecified atom stereocenters. The summed E-state index contributed by atoms with van der Waals surface area (Å²) >= 11 is 0. The number of carboxylic acid groups (broad SMARTS) is 1. The number of hydrogen-bond donors (Lipinski definition) is 2. The Morgan fingerprint density at radius 3 is 2.23 bits per heavy atom. The predicted octanol–water partition coefficient (Wildman–Crippen LogP) is 6.74. The van der Waals surface area contributed by atoms with Gasteiger partial charge in [0, 0.05) is 11.8 Å². The fourth-order valence-corrected chi connectivity index (χ4v) is 11.4. The molecule has 9 atom stereocenters. The van der Waals surface area contributed by atoms with Crippen LogP contribution in [-0.2, 0) is 9.59 Å². The van der Waals surface area contributed by atoms with Crippen LogP contribution in [0.2, 0.25) is 0 Å². The summed E-state index contributed by atoms with van der Waals surface area (Å²) in [5.74, 6) is 0.934. The molecule has 0 amide bonds. The van der Waals surface area contributed by atoms with E-state index in [1.54, 1.807) is 0 Å². The van der Waals surface area contributed by atoms with E-state index in [0.29, 0.717) is 29.9 Å². The number of Topliss-reactive ketones (excluding diaryl/α,β-unsaturated/α-hetero) is 1. The molecule has 194 valence electrons. The van der Waals surface area contributed by atoms with Crippen LogP contribution in [0.5, 0.6) is 0 Å². The Morgan fingerprint density at radius 1 is 0.943 bits per heavy atom. The lowest BCUT2D eigenvalue weighted by Gasteiger charge is -2.72. The van der Waals surface area contributed by atoms with Crippen LogP contribution < -0.4 is 0 Å². The van der Waals surface area contributed by atoms with Gasteiger partial charge in [-0.15, -0.1) is 0 Å². The number of oxime groups is 1. The summed E-state index contributed by atoms with van der Waals surface area (Å²) in [6.45, 7) is 17.9. The maximum Gasteiger partial charge on any atom is 0.309 e. The lowest BCUT2D eigenvalue weighted by atomic mass is 9.32. The molecule has 0 aromatic heterocycles. The third-order valence-corrected chi connectivity index (χ3v) is 13.1. The standard InChI is InChI=1S/C30H45NO4/c1-17(2)18-10-13-30(25(33)34)15-14-28(6)19(23(18)30)8-9-22-27(5)16-20(31-35)24(32)26(3,4)21(27)11-12-29(22,28)7/h18-19,21-23,35H,1,8-16H2,2-7H3,(H,33,34)/b31-20-/t18-,19?,21?,22?,23?,27-,28+,29+,30-/m0/s1. The quantitative estimate of drug-likeness (QED) is 0.259. The van der Waals surface area contributed by atoms with Crippen molar-refractivity contribution < 1.29 is 19.9 Å². The van der Waals surface area contributed by atoms with Crippen LogP contribution in [0.3, 0.4) is 0 Å². The lowest BCUT2D eigenvalue weighted by Crippen LogP contribution is -2.67. The molecule has 0 aliphatic heterocycles. The first-order valence-electron chi connectivity index (χ1n) is 13.9. The maximum absolute atomic E-state index is 13.2. The first kappa shape index (κ1) is 25.0. The highest BCUT2D eigenvalue weighted by atomic mass is 16.4. The van der Waals surface area contributed by atoms with Gasteiger partial charge in [-0.25, -0.2) is 0 Å². The number of carboxylic acids is 1. The van der Waals surface area contributed by atoms with E-state index in [2.05, 4.69) is 53.3 Å². The number of hydrogen-bond acceptors (Lipinski definition) is 4. The molecule has 0 aromatic rings. The highest BCUT2D eigenvalue weighted by molar-refractivity contribution is 6.42. The van der Waals surface area contributed by atoms with Gasteiger partial charge in [0.05, 0.1) is 5.41 Å². The zero-order valence-electron chi connectivity index (χ0n) is 22.6. The molecule has 35 heavy (non-hydrogen) atoms. The molecule has 5 aliphatic rings. The van der Waals surface area contributed by atoms with Gasteiger partial charge in [0.15, 0.2) is 5.78 Å². The minimum atomic E-state index is -0.603. The summed E-state index contributed by atoms with van der Waals surface area (Å²) in [7, 11) is 0. The van der Waals surface area contributed by atoms with E-state index in [1.165, 1.54) is 0 Å². The fourth-order valence-electron chi connectivity index (χ4n) is 11.4. The van der Waals surface area contributed by atoms with Gasteiger partial charge in [-0.05, 0) is 104 Å². The first-order valence-corrected chi connectivity index (χ1v) is 13.9. The third kappa shape index (κ3) is 2.84. The highest BCUT2D eigenvalue weighted by Crippen LogP contribution is 2.77. The monoisotopic (exact) mass is 483 g/mol. The molecule has 2 N–H and O–H groups in total. The Kier molecular flexibility index (Phi) is 5.32. The second-order valence-electron chi connectivity index (χ2n) is 14.4. The van der Waals surface area contributed by atoms with E-state index < -0.39 is 16.8 Å². The van der Waals surface area contributed by atoms with Crippen molar-refractivity contribution in [3.8, 4) is 0 Å². The van der Waals surface area contributed by atoms with Gasteiger partial charge >= 0.3 is 5.97 Å². The number of aliphatic carboxylic acids is 1. The van der Waals surface area contributed by atoms with Crippen LogP contribution in [0, 0.1) is 56.7 Å². The summed E-state index contributed by atoms with van der Waals surface area (Å²) in [5.41, 5.74) is 0.366. The van der Waals surface area contributed by atoms with E-state index in [0.717, 1.165) is 56.9 Å². The zero-order chi connectivity index (χ0) is 25.8. The second-order valence-corrected chi connectivity index (χ2v) is 14.4. The molecular weight excluding hydrogens is 438 g/mol. The van der Waals surface area contributed by atoms with Gasteiger partial charge in [0.1, 0.15) is 5.71 Å². The van der Waals surface area contributed by atoms with Crippen LogP contribution in [0.15, 0.2) is 17.3 Å². The molecule has 0 radical (unpaired) electrons. The number of allylic oxidation sites excluding steroid dienone is 1. The second kappa shape index (κ2) is 7.44. The van der Waals surface area contributed by atoms with E-state index in [1.807, 2.05) is 0 Å². The van der Waals surface area contributed by atoms with Crippen molar-refractivity contribution in [1.29, 1.82) is 0 Å². The van der Waals surface area contributed by atoms with Crippen molar-refractivity contribution in [2.45, 2.75) is 99.3 Å². The van der Waals surface area contributed by atoms with Crippen LogP contribution >= 0.6 is 0 Å². The fraction of sp³-hybridized carbons (Fsp3) is 0.833. The first-order chi connectivity index (χ1) is 16.2. The van der Waals surface area contributed by atoms with E-state index >= 15 is 0 Å². The zero-order valence-corrected chi connectivity index (χ0v) is 22.6. The van der Waals surface area contributed by atoms with Crippen LogP contribution in [0.4, 0.5) is 0 Å². The summed E-state index contributed by atoms with van der Waals surface area (Å²) in [6, 6.07) is 0. The molecular formula is C30H45NO4. The molecule has 0 aromatic carbocycles. The maximum atomic E-state index is 13.2. The normalized spacial score (nSPS) is 51.7. The molecule has 5 nitrogen and oxygen atoms in total. The summed E-state index contributed by atoms with van der Waals surface area (Å²) in [5, 5.41) is 23.8. The van der Waals surface area contributed by atoms with Crippen molar-refractivity contribution in [2.24, 2.45) is 61.8 Å². The van der Waals surface area contributed by atoms with Crippen LogP contribution in [0.25, 0.3) is 0 Å². The molecule has 0 saturated heterocycles. The van der Waals surface area contributed by atoms with Gasteiger partial charge in [-0.1, -0.05) is 51.9 Å². The Labute approximate surface area is 210 Å². The number of fused-ring (bicyclic) bond motifs is 7. The number of nitrogens with zero attached hydrogens (tertiary/aromatic N) is 1. The molecule has 0 heterocycles. The van der Waals surface area contributed by atoms with Gasteiger partial charge in [0.25, 0.3) is 0 Å². The molecule has 5 fully saturated rings. The van der Waals surface area contributed by atoms with Gasteiger partial charge in [-0.3, -0.25) is 9.59 Å². The van der Waals surface area contributed by atoms with Gasteiger partial charge in [0.2, 0.25) is 0 Å². The minimum absolute atomic E-state index is 0.00476. The number of rotatable bonds is 2. The average molecular weight is 484 g/mol. The average Bonchev–Trinajstić information content (AvgIpc) is 3.18. The number of carbonyl (C=O) groups excluding carboxylic acids is 1. The number of carbonyl (C=O) groups is 2.